The average Bonchev–Trinajstić information content (AvgIpc) is 2.84. The van der Waals surface area contributed by atoms with E-state index in [2.05, 4.69) is 14.9 Å². The van der Waals surface area contributed by atoms with Gasteiger partial charge >= 0.3 is 0 Å². The van der Waals surface area contributed by atoms with Gasteiger partial charge in [0, 0.05) is 63.6 Å². The van der Waals surface area contributed by atoms with Crippen LogP contribution in [0, 0.1) is 12.3 Å². The Morgan fingerprint density at radius 3 is 2.83 bits per heavy atom. The third-order valence-electron chi connectivity index (χ3n) is 5.07. The highest BCUT2D eigenvalue weighted by Gasteiger charge is 2.44. The molecule has 1 aromatic rings. The SMILES string of the molecule is COCCCN1CC2(CCN(c3nccc(C)n3)CC2)CC1=O. The molecule has 0 N–H and O–H groups in total. The monoisotopic (exact) mass is 318 g/mol. The smallest absolute Gasteiger partial charge is 0.225 e. The summed E-state index contributed by atoms with van der Waals surface area (Å²) in [5, 5.41) is 0. The molecular formula is C17H26N4O2. The molecule has 0 unspecified atom stereocenters. The summed E-state index contributed by atoms with van der Waals surface area (Å²) in [5.74, 6) is 1.13. The zero-order valence-corrected chi connectivity index (χ0v) is 14.1. The van der Waals surface area contributed by atoms with Crippen molar-refractivity contribution in [1.29, 1.82) is 0 Å². The lowest BCUT2D eigenvalue weighted by Gasteiger charge is -2.38. The molecule has 3 rings (SSSR count). The van der Waals surface area contributed by atoms with Crippen molar-refractivity contribution in [2.45, 2.75) is 32.6 Å². The molecule has 0 aliphatic carbocycles. The van der Waals surface area contributed by atoms with Crippen LogP contribution in [0.3, 0.4) is 0 Å². The molecule has 0 radical (unpaired) electrons. The second-order valence-electron chi connectivity index (χ2n) is 6.82. The van der Waals surface area contributed by atoms with Gasteiger partial charge in [-0.05, 0) is 32.3 Å². The van der Waals surface area contributed by atoms with E-state index in [0.29, 0.717) is 12.3 Å². The molecule has 0 aromatic carbocycles. The normalized spacial score (nSPS) is 20.5. The Labute approximate surface area is 137 Å². The van der Waals surface area contributed by atoms with Crippen LogP contribution < -0.4 is 4.90 Å². The van der Waals surface area contributed by atoms with Crippen LogP contribution in [0.2, 0.25) is 0 Å². The summed E-state index contributed by atoms with van der Waals surface area (Å²) < 4.78 is 5.09. The number of rotatable bonds is 5. The number of carbonyl (C=O) groups is 1. The molecule has 1 amide bonds. The van der Waals surface area contributed by atoms with Gasteiger partial charge in [-0.15, -0.1) is 0 Å². The molecule has 1 aromatic heterocycles. The molecule has 3 heterocycles. The molecule has 6 heteroatoms. The highest BCUT2D eigenvalue weighted by atomic mass is 16.5. The Morgan fingerprint density at radius 1 is 1.35 bits per heavy atom. The van der Waals surface area contributed by atoms with Crippen LogP contribution in [0.25, 0.3) is 0 Å². The van der Waals surface area contributed by atoms with Crippen molar-refractivity contribution >= 4 is 11.9 Å². The van der Waals surface area contributed by atoms with Crippen LogP contribution in [-0.4, -0.2) is 60.7 Å². The minimum atomic E-state index is 0.157. The predicted octanol–water partition coefficient (Wildman–Crippen LogP) is 1.64. The van der Waals surface area contributed by atoms with Gasteiger partial charge in [-0.3, -0.25) is 4.79 Å². The summed E-state index contributed by atoms with van der Waals surface area (Å²) in [7, 11) is 1.70. The number of aryl methyl sites for hydroxylation is 1. The van der Waals surface area contributed by atoms with Crippen LogP contribution in [0.4, 0.5) is 5.95 Å². The van der Waals surface area contributed by atoms with Crippen LogP contribution in [0.15, 0.2) is 12.3 Å². The van der Waals surface area contributed by atoms with Gasteiger partial charge in [0.1, 0.15) is 0 Å². The third-order valence-corrected chi connectivity index (χ3v) is 5.07. The van der Waals surface area contributed by atoms with Crippen molar-refractivity contribution < 1.29 is 9.53 Å². The van der Waals surface area contributed by atoms with E-state index in [9.17, 15) is 4.79 Å². The number of aromatic nitrogens is 2. The first kappa shape index (κ1) is 16.2. The van der Waals surface area contributed by atoms with E-state index in [0.717, 1.165) is 63.7 Å². The minimum Gasteiger partial charge on any atom is -0.385 e. The molecule has 0 saturated carbocycles. The number of piperidine rings is 1. The minimum absolute atomic E-state index is 0.157. The third kappa shape index (κ3) is 3.63. The molecule has 2 fully saturated rings. The van der Waals surface area contributed by atoms with Crippen molar-refractivity contribution in [3.05, 3.63) is 18.0 Å². The van der Waals surface area contributed by atoms with Crippen LogP contribution in [0.5, 0.6) is 0 Å². The molecule has 6 nitrogen and oxygen atoms in total. The first-order valence-electron chi connectivity index (χ1n) is 8.43. The Bertz CT molecular complexity index is 555. The molecule has 2 saturated heterocycles. The molecule has 1 spiro atoms. The second kappa shape index (κ2) is 6.83. The topological polar surface area (TPSA) is 58.6 Å². The fraction of sp³-hybridized carbons (Fsp3) is 0.706. The molecule has 0 bridgehead atoms. The van der Waals surface area contributed by atoms with Gasteiger partial charge in [0.15, 0.2) is 0 Å². The van der Waals surface area contributed by atoms with E-state index >= 15 is 0 Å². The summed E-state index contributed by atoms with van der Waals surface area (Å²) >= 11 is 0. The Morgan fingerprint density at radius 2 is 2.13 bits per heavy atom. The van der Waals surface area contributed by atoms with Gasteiger partial charge in [0.05, 0.1) is 0 Å². The highest BCUT2D eigenvalue weighted by molar-refractivity contribution is 5.79. The fourth-order valence-corrected chi connectivity index (χ4v) is 3.69. The van der Waals surface area contributed by atoms with Crippen LogP contribution in [-0.2, 0) is 9.53 Å². The summed E-state index contributed by atoms with van der Waals surface area (Å²) in [6.07, 6.45) is 5.51. The number of methoxy groups -OCH3 is 1. The summed E-state index contributed by atoms with van der Waals surface area (Å²) in [6, 6.07) is 1.92. The van der Waals surface area contributed by atoms with E-state index in [4.69, 9.17) is 4.74 Å². The van der Waals surface area contributed by atoms with Gasteiger partial charge in [-0.25, -0.2) is 9.97 Å². The largest absolute Gasteiger partial charge is 0.385 e. The lowest BCUT2D eigenvalue weighted by atomic mass is 9.77. The van der Waals surface area contributed by atoms with Gasteiger partial charge < -0.3 is 14.5 Å². The Hall–Kier alpha value is -1.69. The standard InChI is InChI=1S/C17H26N4O2/c1-14-4-7-18-16(19-14)20-9-5-17(6-10-20)12-15(22)21(13-17)8-3-11-23-2/h4,7H,3,5-6,8-13H2,1-2H3. The van der Waals surface area contributed by atoms with Gasteiger partial charge in [-0.2, -0.15) is 0 Å². The Kier molecular flexibility index (Phi) is 4.80. The maximum Gasteiger partial charge on any atom is 0.225 e. The van der Waals surface area contributed by atoms with E-state index in [-0.39, 0.29) is 5.41 Å². The predicted molar refractivity (Wildman–Crippen MR) is 88.3 cm³/mol. The zero-order chi connectivity index (χ0) is 16.3. The lowest BCUT2D eigenvalue weighted by Crippen LogP contribution is -2.42. The van der Waals surface area contributed by atoms with Crippen molar-refractivity contribution in [2.75, 3.05) is 44.8 Å². The number of ether oxygens (including phenoxy) is 1. The number of amides is 1. The van der Waals surface area contributed by atoms with E-state index in [1.165, 1.54) is 0 Å². The molecule has 0 atom stereocenters. The van der Waals surface area contributed by atoms with E-state index < -0.39 is 0 Å². The Balaban J connectivity index is 1.57. The van der Waals surface area contributed by atoms with E-state index in [1.807, 2.05) is 24.1 Å². The van der Waals surface area contributed by atoms with Gasteiger partial charge in [0.25, 0.3) is 0 Å². The molecule has 2 aliphatic heterocycles. The molecule has 126 valence electrons. The highest BCUT2D eigenvalue weighted by Crippen LogP contribution is 2.41. The first-order valence-corrected chi connectivity index (χ1v) is 8.43. The molecule has 2 aliphatic rings. The lowest BCUT2D eigenvalue weighted by molar-refractivity contribution is -0.128. The maximum absolute atomic E-state index is 12.3. The average molecular weight is 318 g/mol. The van der Waals surface area contributed by atoms with Crippen molar-refractivity contribution in [1.82, 2.24) is 14.9 Å². The summed E-state index contributed by atoms with van der Waals surface area (Å²) in [4.78, 5) is 25.5. The second-order valence-corrected chi connectivity index (χ2v) is 6.82. The zero-order valence-electron chi connectivity index (χ0n) is 14.1. The summed E-state index contributed by atoms with van der Waals surface area (Å²) in [5.41, 5.74) is 1.15. The van der Waals surface area contributed by atoms with Crippen molar-refractivity contribution in [3.63, 3.8) is 0 Å². The van der Waals surface area contributed by atoms with Crippen LogP contribution in [0.1, 0.15) is 31.4 Å². The quantitative estimate of drug-likeness (QED) is 0.773. The molecular weight excluding hydrogens is 292 g/mol. The first-order chi connectivity index (χ1) is 11.1. The van der Waals surface area contributed by atoms with Crippen molar-refractivity contribution in [2.24, 2.45) is 5.41 Å². The fourth-order valence-electron chi connectivity index (χ4n) is 3.69. The van der Waals surface area contributed by atoms with Crippen molar-refractivity contribution in [3.8, 4) is 0 Å². The number of hydrogen-bond acceptors (Lipinski definition) is 5. The molecule has 23 heavy (non-hydrogen) atoms. The maximum atomic E-state index is 12.3. The van der Waals surface area contributed by atoms with Crippen LogP contribution >= 0.6 is 0 Å². The number of hydrogen-bond donors (Lipinski definition) is 0. The van der Waals surface area contributed by atoms with Gasteiger partial charge in [-0.1, -0.05) is 0 Å². The van der Waals surface area contributed by atoms with Gasteiger partial charge in [0.2, 0.25) is 11.9 Å². The van der Waals surface area contributed by atoms with E-state index in [1.54, 1.807) is 7.11 Å². The number of nitrogens with zero attached hydrogens (tertiary/aromatic N) is 4. The number of likely N-dealkylation sites (tertiary alicyclic amines) is 1. The number of anilines is 1. The number of carbonyl (C=O) groups excluding carboxylic acids is 1. The summed E-state index contributed by atoms with van der Waals surface area (Å²) in [6.45, 7) is 6.29.